The van der Waals surface area contributed by atoms with Crippen LogP contribution < -0.4 is 5.32 Å². The van der Waals surface area contributed by atoms with E-state index in [4.69, 9.17) is 16.3 Å². The molecule has 1 fully saturated rings. The van der Waals surface area contributed by atoms with Gasteiger partial charge in [0, 0.05) is 30.2 Å². The Kier molecular flexibility index (Phi) is 4.97. The number of carbonyl (C=O) groups is 1. The van der Waals surface area contributed by atoms with Crippen molar-refractivity contribution in [2.24, 2.45) is 0 Å². The monoisotopic (exact) mass is 328 g/mol. The fraction of sp³-hybridized carbons (Fsp3) is 0.562. The molecule has 0 spiro atoms. The Hall–Kier alpha value is -1.33. The van der Waals surface area contributed by atoms with Crippen molar-refractivity contribution in [3.8, 4) is 0 Å². The molecule has 0 saturated carbocycles. The van der Waals surface area contributed by atoms with Crippen LogP contribution in [-0.2, 0) is 4.74 Å². The van der Waals surface area contributed by atoms with Gasteiger partial charge in [0.25, 0.3) is 0 Å². The third-order valence-electron chi connectivity index (χ3n) is 3.45. The van der Waals surface area contributed by atoms with E-state index in [-0.39, 0.29) is 24.0 Å². The van der Waals surface area contributed by atoms with Gasteiger partial charge in [-0.3, -0.25) is 0 Å². The average Bonchev–Trinajstić information content (AvgIpc) is 2.30. The molecule has 1 aliphatic rings. The zero-order valence-corrected chi connectivity index (χ0v) is 14.1. The fourth-order valence-corrected chi connectivity index (χ4v) is 2.69. The predicted molar refractivity (Wildman–Crippen MR) is 84.6 cm³/mol. The first kappa shape index (κ1) is 17.0. The SMILES string of the molecule is CC(NC1CN(C(=O)OC(C)(C)C)C1)c1ccc(F)cc1Cl. The van der Waals surface area contributed by atoms with E-state index in [1.165, 1.54) is 12.1 Å². The summed E-state index contributed by atoms with van der Waals surface area (Å²) < 4.78 is 18.4. The van der Waals surface area contributed by atoms with Gasteiger partial charge in [-0.05, 0) is 45.4 Å². The maximum Gasteiger partial charge on any atom is 0.410 e. The molecule has 2 rings (SSSR count). The van der Waals surface area contributed by atoms with Gasteiger partial charge in [0.1, 0.15) is 11.4 Å². The second-order valence-corrected chi connectivity index (χ2v) is 7.04. The highest BCUT2D eigenvalue weighted by molar-refractivity contribution is 6.31. The molecule has 122 valence electrons. The van der Waals surface area contributed by atoms with Gasteiger partial charge in [-0.2, -0.15) is 0 Å². The number of carbonyl (C=O) groups excluding carboxylic acids is 1. The smallest absolute Gasteiger partial charge is 0.410 e. The molecule has 1 N–H and O–H groups in total. The molecular formula is C16H22ClFN2O2. The number of amides is 1. The number of halogens is 2. The molecule has 0 radical (unpaired) electrons. The van der Waals surface area contributed by atoms with Crippen molar-refractivity contribution in [3.63, 3.8) is 0 Å². The standard InChI is InChI=1S/C16H22ClFN2O2/c1-10(13-6-5-11(18)7-14(13)17)19-12-8-20(9-12)15(21)22-16(2,3)4/h5-7,10,12,19H,8-9H2,1-4H3. The van der Waals surface area contributed by atoms with E-state index in [1.54, 1.807) is 11.0 Å². The van der Waals surface area contributed by atoms with Gasteiger partial charge in [-0.25, -0.2) is 9.18 Å². The van der Waals surface area contributed by atoms with E-state index in [9.17, 15) is 9.18 Å². The van der Waals surface area contributed by atoms with Crippen LogP contribution in [-0.4, -0.2) is 35.7 Å². The lowest BCUT2D eigenvalue weighted by molar-refractivity contribution is 0.00434. The van der Waals surface area contributed by atoms with Crippen LogP contribution in [0, 0.1) is 5.82 Å². The predicted octanol–water partition coefficient (Wildman–Crippen LogP) is 3.75. The van der Waals surface area contributed by atoms with Crippen molar-refractivity contribution in [3.05, 3.63) is 34.6 Å². The number of hydrogen-bond donors (Lipinski definition) is 1. The number of likely N-dealkylation sites (tertiary alicyclic amines) is 1. The summed E-state index contributed by atoms with van der Waals surface area (Å²) in [6, 6.07) is 4.55. The van der Waals surface area contributed by atoms with Crippen LogP contribution in [0.15, 0.2) is 18.2 Å². The van der Waals surface area contributed by atoms with Gasteiger partial charge < -0.3 is 15.0 Å². The summed E-state index contributed by atoms with van der Waals surface area (Å²) in [6.07, 6.45) is -0.294. The minimum atomic E-state index is -0.482. The first-order valence-electron chi connectivity index (χ1n) is 7.34. The van der Waals surface area contributed by atoms with E-state index < -0.39 is 5.60 Å². The van der Waals surface area contributed by atoms with Crippen molar-refractivity contribution in [1.29, 1.82) is 0 Å². The quantitative estimate of drug-likeness (QED) is 0.918. The maximum absolute atomic E-state index is 13.1. The molecule has 0 bridgehead atoms. The topological polar surface area (TPSA) is 41.6 Å². The Labute approximate surface area is 135 Å². The Bertz CT molecular complexity index is 554. The Morgan fingerprint density at radius 1 is 1.45 bits per heavy atom. The molecule has 1 heterocycles. The molecule has 22 heavy (non-hydrogen) atoms. The van der Waals surface area contributed by atoms with Crippen molar-refractivity contribution >= 4 is 17.7 Å². The highest BCUT2D eigenvalue weighted by Crippen LogP contribution is 2.25. The van der Waals surface area contributed by atoms with Crippen molar-refractivity contribution in [2.75, 3.05) is 13.1 Å². The zero-order chi connectivity index (χ0) is 16.5. The Morgan fingerprint density at radius 2 is 2.09 bits per heavy atom. The summed E-state index contributed by atoms with van der Waals surface area (Å²) in [5, 5.41) is 3.79. The Balaban J connectivity index is 1.83. The average molecular weight is 329 g/mol. The van der Waals surface area contributed by atoms with Crippen molar-refractivity contribution in [2.45, 2.75) is 45.4 Å². The summed E-state index contributed by atoms with van der Waals surface area (Å²) in [4.78, 5) is 13.5. The summed E-state index contributed by atoms with van der Waals surface area (Å²) in [5.41, 5.74) is 0.364. The number of ether oxygens (including phenoxy) is 1. The molecule has 1 aromatic carbocycles. The van der Waals surface area contributed by atoms with Gasteiger partial charge in [-0.1, -0.05) is 17.7 Å². The van der Waals surface area contributed by atoms with E-state index >= 15 is 0 Å². The number of benzene rings is 1. The van der Waals surface area contributed by atoms with Gasteiger partial charge in [0.2, 0.25) is 0 Å². The molecule has 6 heteroatoms. The summed E-state index contributed by atoms with van der Waals surface area (Å²) in [6.45, 7) is 8.70. The number of nitrogens with zero attached hydrogens (tertiary/aromatic N) is 1. The van der Waals surface area contributed by atoms with Crippen LogP contribution in [0.3, 0.4) is 0 Å². The molecule has 1 aliphatic heterocycles. The van der Waals surface area contributed by atoms with E-state index in [0.29, 0.717) is 18.1 Å². The van der Waals surface area contributed by atoms with Gasteiger partial charge >= 0.3 is 6.09 Å². The fourth-order valence-electron chi connectivity index (χ4n) is 2.36. The summed E-state index contributed by atoms with van der Waals surface area (Å²) in [7, 11) is 0. The minimum Gasteiger partial charge on any atom is -0.444 e. The molecule has 0 aromatic heterocycles. The number of rotatable bonds is 3. The second-order valence-electron chi connectivity index (χ2n) is 6.64. The minimum absolute atomic E-state index is 0.0149. The highest BCUT2D eigenvalue weighted by Gasteiger charge is 2.34. The first-order chi connectivity index (χ1) is 10.2. The molecule has 1 atom stereocenters. The van der Waals surface area contributed by atoms with Crippen LogP contribution in [0.2, 0.25) is 5.02 Å². The van der Waals surface area contributed by atoms with Crippen molar-refractivity contribution in [1.82, 2.24) is 10.2 Å². The van der Waals surface area contributed by atoms with E-state index in [0.717, 1.165) is 5.56 Å². The van der Waals surface area contributed by atoms with Crippen LogP contribution in [0.1, 0.15) is 39.3 Å². The summed E-state index contributed by atoms with van der Waals surface area (Å²) in [5.74, 6) is -0.347. The van der Waals surface area contributed by atoms with Crippen LogP contribution >= 0.6 is 11.6 Å². The van der Waals surface area contributed by atoms with Gasteiger partial charge in [0.05, 0.1) is 0 Å². The lowest BCUT2D eigenvalue weighted by Gasteiger charge is -2.41. The number of hydrogen-bond acceptors (Lipinski definition) is 3. The lowest BCUT2D eigenvalue weighted by Crippen LogP contribution is -2.60. The van der Waals surface area contributed by atoms with Gasteiger partial charge in [-0.15, -0.1) is 0 Å². The van der Waals surface area contributed by atoms with Gasteiger partial charge in [0.15, 0.2) is 0 Å². The largest absolute Gasteiger partial charge is 0.444 e. The van der Waals surface area contributed by atoms with E-state index in [1.807, 2.05) is 27.7 Å². The molecule has 1 amide bonds. The molecule has 1 aromatic rings. The Morgan fingerprint density at radius 3 is 2.64 bits per heavy atom. The highest BCUT2D eigenvalue weighted by atomic mass is 35.5. The molecule has 4 nitrogen and oxygen atoms in total. The third kappa shape index (κ3) is 4.34. The maximum atomic E-state index is 13.1. The lowest BCUT2D eigenvalue weighted by atomic mass is 10.0. The molecule has 1 saturated heterocycles. The third-order valence-corrected chi connectivity index (χ3v) is 3.78. The molecule has 0 aliphatic carbocycles. The van der Waals surface area contributed by atoms with Crippen LogP contribution in [0.25, 0.3) is 0 Å². The molecule has 1 unspecified atom stereocenters. The van der Waals surface area contributed by atoms with Crippen LogP contribution in [0.5, 0.6) is 0 Å². The van der Waals surface area contributed by atoms with E-state index in [2.05, 4.69) is 5.32 Å². The second kappa shape index (κ2) is 6.42. The zero-order valence-electron chi connectivity index (χ0n) is 13.3. The molecular weight excluding hydrogens is 307 g/mol. The first-order valence-corrected chi connectivity index (χ1v) is 7.72. The normalized spacial score (nSPS) is 17.1. The van der Waals surface area contributed by atoms with Crippen LogP contribution in [0.4, 0.5) is 9.18 Å². The summed E-state index contributed by atoms with van der Waals surface area (Å²) >= 11 is 6.06. The van der Waals surface area contributed by atoms with Crippen molar-refractivity contribution < 1.29 is 13.9 Å². The number of nitrogens with one attached hydrogen (secondary N) is 1.